The molecule has 2 atom stereocenters. The van der Waals surface area contributed by atoms with Crippen LogP contribution in [-0.4, -0.2) is 0 Å². The molecular weight excluding hydrogens is 120 g/mol. The van der Waals surface area contributed by atoms with E-state index in [1.807, 2.05) is 0 Å². The van der Waals surface area contributed by atoms with Crippen molar-refractivity contribution in [3.05, 3.63) is 23.8 Å². The van der Waals surface area contributed by atoms with Crippen molar-refractivity contribution in [2.45, 2.75) is 26.2 Å². The van der Waals surface area contributed by atoms with Crippen molar-refractivity contribution in [1.82, 2.24) is 0 Å². The summed E-state index contributed by atoms with van der Waals surface area (Å²) in [5, 5.41) is 0. The predicted molar refractivity (Wildman–Crippen MR) is 43.7 cm³/mol. The van der Waals surface area contributed by atoms with E-state index in [2.05, 4.69) is 25.2 Å². The van der Waals surface area contributed by atoms with Gasteiger partial charge >= 0.3 is 0 Å². The van der Waals surface area contributed by atoms with Gasteiger partial charge in [-0.3, -0.25) is 0 Å². The summed E-state index contributed by atoms with van der Waals surface area (Å²) >= 11 is 0. The van der Waals surface area contributed by atoms with Crippen LogP contribution in [0.4, 0.5) is 0 Å². The monoisotopic (exact) mass is 134 g/mol. The lowest BCUT2D eigenvalue weighted by molar-refractivity contribution is 0.413. The Labute approximate surface area is 62.6 Å². The first kappa shape index (κ1) is 6.21. The maximum atomic E-state index is 2.47. The Bertz CT molecular complexity index is 186. The number of allylic oxidation sites excluding steroid dienone is 4. The molecule has 0 aromatic carbocycles. The van der Waals surface area contributed by atoms with E-state index >= 15 is 0 Å². The molecular formula is C10H14. The van der Waals surface area contributed by atoms with Crippen LogP contribution in [0.5, 0.6) is 0 Å². The third-order valence-corrected chi connectivity index (χ3v) is 2.70. The molecule has 2 aliphatic carbocycles. The molecule has 0 aromatic heterocycles. The van der Waals surface area contributed by atoms with Crippen molar-refractivity contribution >= 4 is 0 Å². The van der Waals surface area contributed by atoms with E-state index in [1.165, 1.54) is 19.3 Å². The lowest BCUT2D eigenvalue weighted by Gasteiger charge is -2.19. The highest BCUT2D eigenvalue weighted by Gasteiger charge is 2.25. The van der Waals surface area contributed by atoms with Gasteiger partial charge in [0.05, 0.1) is 0 Å². The summed E-state index contributed by atoms with van der Waals surface area (Å²) in [6.45, 7) is 2.26. The topological polar surface area (TPSA) is 0 Å². The van der Waals surface area contributed by atoms with Gasteiger partial charge in [-0.05, 0) is 38.0 Å². The summed E-state index contributed by atoms with van der Waals surface area (Å²) in [4.78, 5) is 0. The Balaban J connectivity index is 2.14. The van der Waals surface area contributed by atoms with E-state index in [9.17, 15) is 0 Å². The fraction of sp³-hybridized carbons (Fsp3) is 0.600. The molecule has 0 heterocycles. The average molecular weight is 134 g/mol. The van der Waals surface area contributed by atoms with Crippen LogP contribution >= 0.6 is 0 Å². The molecule has 0 saturated heterocycles. The normalized spacial score (nSPS) is 37.5. The molecule has 2 aliphatic rings. The molecule has 0 bridgehead atoms. The molecule has 0 amide bonds. The van der Waals surface area contributed by atoms with Crippen LogP contribution in [0.3, 0.4) is 0 Å². The number of hydrogen-bond acceptors (Lipinski definition) is 0. The van der Waals surface area contributed by atoms with E-state index in [-0.39, 0.29) is 0 Å². The summed E-state index contributed by atoms with van der Waals surface area (Å²) in [5.41, 5.74) is 1.61. The fourth-order valence-corrected chi connectivity index (χ4v) is 2.18. The summed E-state index contributed by atoms with van der Waals surface area (Å²) < 4.78 is 0. The van der Waals surface area contributed by atoms with Crippen molar-refractivity contribution < 1.29 is 0 Å². The molecule has 54 valence electrons. The molecule has 0 aromatic rings. The summed E-state index contributed by atoms with van der Waals surface area (Å²) in [6.07, 6.45) is 11.1. The largest absolute Gasteiger partial charge is 0.0882 e. The molecule has 10 heavy (non-hydrogen) atoms. The summed E-state index contributed by atoms with van der Waals surface area (Å²) in [5.74, 6) is 1.86. The second kappa shape index (κ2) is 2.26. The lowest BCUT2D eigenvalue weighted by Crippen LogP contribution is -2.09. The zero-order valence-corrected chi connectivity index (χ0v) is 6.51. The van der Waals surface area contributed by atoms with E-state index in [0.717, 1.165) is 11.8 Å². The highest BCUT2D eigenvalue weighted by Crippen LogP contribution is 2.37. The number of rotatable bonds is 0. The third kappa shape index (κ3) is 0.920. The Morgan fingerprint density at radius 2 is 2.10 bits per heavy atom. The van der Waals surface area contributed by atoms with Crippen LogP contribution < -0.4 is 0 Å². The van der Waals surface area contributed by atoms with Gasteiger partial charge in [0.2, 0.25) is 0 Å². The minimum atomic E-state index is 0.894. The smallest absolute Gasteiger partial charge is 0.0162 e. The van der Waals surface area contributed by atoms with Gasteiger partial charge in [-0.15, -0.1) is 0 Å². The van der Waals surface area contributed by atoms with Crippen molar-refractivity contribution in [2.24, 2.45) is 11.8 Å². The summed E-state index contributed by atoms with van der Waals surface area (Å²) in [7, 11) is 0. The van der Waals surface area contributed by atoms with Crippen LogP contribution in [0.1, 0.15) is 26.2 Å². The first-order valence-electron chi connectivity index (χ1n) is 4.18. The van der Waals surface area contributed by atoms with E-state index in [4.69, 9.17) is 0 Å². The Hall–Kier alpha value is -0.520. The standard InChI is InChI=1S/C10H14/c1-8-6-9-4-2-3-5-10(9)7-8/h2-3,6,9-10H,4-5,7H2,1H3/t9-,10+/m0/s1. The van der Waals surface area contributed by atoms with Crippen LogP contribution in [0.15, 0.2) is 23.8 Å². The van der Waals surface area contributed by atoms with Gasteiger partial charge < -0.3 is 0 Å². The first-order chi connectivity index (χ1) is 4.86. The molecule has 0 fully saturated rings. The molecule has 0 radical (unpaired) electrons. The summed E-state index contributed by atoms with van der Waals surface area (Å²) in [6, 6.07) is 0. The third-order valence-electron chi connectivity index (χ3n) is 2.70. The number of fused-ring (bicyclic) bond motifs is 1. The molecule has 0 saturated carbocycles. The Morgan fingerprint density at radius 3 is 2.90 bits per heavy atom. The van der Waals surface area contributed by atoms with E-state index < -0.39 is 0 Å². The van der Waals surface area contributed by atoms with Gasteiger partial charge in [0.1, 0.15) is 0 Å². The number of hydrogen-bond donors (Lipinski definition) is 0. The highest BCUT2D eigenvalue weighted by atomic mass is 14.3. The van der Waals surface area contributed by atoms with Crippen LogP contribution in [0.25, 0.3) is 0 Å². The van der Waals surface area contributed by atoms with Crippen LogP contribution in [0.2, 0.25) is 0 Å². The predicted octanol–water partition coefficient (Wildman–Crippen LogP) is 2.92. The van der Waals surface area contributed by atoms with Crippen molar-refractivity contribution in [3.8, 4) is 0 Å². The molecule has 0 heteroatoms. The quantitative estimate of drug-likeness (QED) is 0.447. The zero-order valence-electron chi connectivity index (χ0n) is 6.51. The second-order valence-corrected chi connectivity index (χ2v) is 3.58. The fourth-order valence-electron chi connectivity index (χ4n) is 2.18. The van der Waals surface area contributed by atoms with E-state index in [1.54, 1.807) is 5.57 Å². The Morgan fingerprint density at radius 1 is 1.30 bits per heavy atom. The maximum Gasteiger partial charge on any atom is -0.0162 e. The van der Waals surface area contributed by atoms with Gasteiger partial charge in [0, 0.05) is 0 Å². The molecule has 2 rings (SSSR count). The van der Waals surface area contributed by atoms with Crippen molar-refractivity contribution in [2.75, 3.05) is 0 Å². The highest BCUT2D eigenvalue weighted by molar-refractivity contribution is 5.15. The van der Waals surface area contributed by atoms with Gasteiger partial charge in [0.25, 0.3) is 0 Å². The van der Waals surface area contributed by atoms with Crippen LogP contribution in [-0.2, 0) is 0 Å². The average Bonchev–Trinajstić information content (AvgIpc) is 2.27. The lowest BCUT2D eigenvalue weighted by atomic mass is 9.86. The molecule has 0 N–H and O–H groups in total. The van der Waals surface area contributed by atoms with Crippen molar-refractivity contribution in [3.63, 3.8) is 0 Å². The molecule has 0 spiro atoms. The zero-order chi connectivity index (χ0) is 6.97. The molecule has 0 nitrogen and oxygen atoms in total. The Kier molecular flexibility index (Phi) is 1.40. The van der Waals surface area contributed by atoms with Gasteiger partial charge in [0.15, 0.2) is 0 Å². The van der Waals surface area contributed by atoms with Gasteiger partial charge in [-0.25, -0.2) is 0 Å². The van der Waals surface area contributed by atoms with Gasteiger partial charge in [-0.2, -0.15) is 0 Å². The minimum Gasteiger partial charge on any atom is -0.0882 e. The van der Waals surface area contributed by atoms with Crippen molar-refractivity contribution in [1.29, 1.82) is 0 Å². The second-order valence-electron chi connectivity index (χ2n) is 3.58. The van der Waals surface area contributed by atoms with Gasteiger partial charge in [-0.1, -0.05) is 23.8 Å². The molecule has 0 aliphatic heterocycles. The van der Waals surface area contributed by atoms with E-state index in [0.29, 0.717) is 0 Å². The first-order valence-corrected chi connectivity index (χ1v) is 4.18. The maximum absolute atomic E-state index is 2.47. The molecule has 0 unspecified atom stereocenters. The minimum absolute atomic E-state index is 0.894. The van der Waals surface area contributed by atoms with Crippen LogP contribution in [0, 0.1) is 11.8 Å². The SMILES string of the molecule is CC1=C[C@@H]2CC=CC[C@@H]2C1.